The number of rotatable bonds is 1. The topological polar surface area (TPSA) is 72.2 Å². The minimum atomic E-state index is -0.182. The average Bonchev–Trinajstić information content (AvgIpc) is 2.47. The van der Waals surface area contributed by atoms with Gasteiger partial charge in [0, 0.05) is 28.2 Å². The number of benzene rings is 2. The van der Waals surface area contributed by atoms with E-state index in [1.165, 1.54) is 0 Å². The van der Waals surface area contributed by atoms with E-state index in [9.17, 15) is 9.59 Å². The van der Waals surface area contributed by atoms with Crippen LogP contribution in [0.25, 0.3) is 0 Å². The molecule has 1 aliphatic carbocycles. The van der Waals surface area contributed by atoms with Crippen LogP contribution in [0, 0.1) is 0 Å². The summed E-state index contributed by atoms with van der Waals surface area (Å²) in [5.41, 5.74) is 8.46. The van der Waals surface area contributed by atoms with Gasteiger partial charge in [-0.05, 0) is 22.0 Å². The lowest BCUT2D eigenvalue weighted by Gasteiger charge is -2.22. The summed E-state index contributed by atoms with van der Waals surface area (Å²) < 4.78 is 0.598. The van der Waals surface area contributed by atoms with Gasteiger partial charge in [0.2, 0.25) is 0 Å². The molecule has 0 spiro atoms. The van der Waals surface area contributed by atoms with E-state index in [0.29, 0.717) is 38.1 Å². The van der Waals surface area contributed by atoms with Crippen LogP contribution in [0.1, 0.15) is 31.8 Å². The summed E-state index contributed by atoms with van der Waals surface area (Å²) in [6.45, 7) is 0. The van der Waals surface area contributed by atoms with Crippen LogP contribution < -0.4 is 11.1 Å². The van der Waals surface area contributed by atoms with E-state index in [-0.39, 0.29) is 11.6 Å². The zero-order valence-corrected chi connectivity index (χ0v) is 12.2. The van der Waals surface area contributed by atoms with Crippen LogP contribution in [0.15, 0.2) is 34.8 Å². The van der Waals surface area contributed by atoms with Crippen molar-refractivity contribution in [3.05, 3.63) is 57.1 Å². The van der Waals surface area contributed by atoms with E-state index >= 15 is 0 Å². The van der Waals surface area contributed by atoms with Crippen molar-refractivity contribution in [1.82, 2.24) is 0 Å². The highest BCUT2D eigenvalue weighted by Gasteiger charge is 2.32. The lowest BCUT2D eigenvalue weighted by molar-refractivity contribution is 0.0979. The number of nitrogen functional groups attached to an aromatic ring is 1. The molecule has 0 atom stereocenters. The van der Waals surface area contributed by atoms with Crippen molar-refractivity contribution in [2.24, 2.45) is 0 Å². The molecule has 2 aromatic carbocycles. The summed E-state index contributed by atoms with van der Waals surface area (Å²) in [6, 6.07) is 8.44. The smallest absolute Gasteiger partial charge is 0.196 e. The first-order valence-electron chi connectivity index (χ1n) is 6.04. The van der Waals surface area contributed by atoms with Crippen molar-refractivity contribution in [3.8, 4) is 0 Å². The molecule has 0 aromatic heterocycles. The molecule has 0 amide bonds. The minimum absolute atomic E-state index is 0.160. The van der Waals surface area contributed by atoms with E-state index in [1.807, 2.05) is 0 Å². The molecule has 0 heterocycles. The predicted octanol–water partition coefficient (Wildman–Crippen LogP) is 2.85. The summed E-state index contributed by atoms with van der Waals surface area (Å²) >= 11 is 3.32. The molecule has 0 bridgehead atoms. The van der Waals surface area contributed by atoms with E-state index in [4.69, 9.17) is 5.73 Å². The summed E-state index contributed by atoms with van der Waals surface area (Å²) in [4.78, 5) is 25.2. The molecular formula is C15H11BrN2O2. The van der Waals surface area contributed by atoms with Gasteiger partial charge in [-0.1, -0.05) is 24.3 Å². The Morgan fingerprint density at radius 2 is 1.65 bits per heavy atom. The summed E-state index contributed by atoms with van der Waals surface area (Å²) in [5, 5.41) is 2.92. The molecule has 0 aliphatic heterocycles. The number of carbonyl (C=O) groups is 2. The normalized spacial score (nSPS) is 12.9. The molecule has 0 radical (unpaired) electrons. The Morgan fingerprint density at radius 1 is 1.05 bits per heavy atom. The number of carbonyl (C=O) groups excluding carboxylic acids is 2. The predicted molar refractivity (Wildman–Crippen MR) is 81.4 cm³/mol. The first kappa shape index (κ1) is 12.9. The lowest BCUT2D eigenvalue weighted by atomic mass is 9.83. The summed E-state index contributed by atoms with van der Waals surface area (Å²) in [7, 11) is 1.68. The maximum atomic E-state index is 12.6. The second kappa shape index (κ2) is 4.45. The molecule has 3 N–H and O–H groups in total. The highest BCUT2D eigenvalue weighted by atomic mass is 79.9. The third-order valence-corrected chi connectivity index (χ3v) is 4.11. The maximum Gasteiger partial charge on any atom is 0.196 e. The van der Waals surface area contributed by atoms with Crippen LogP contribution in [-0.4, -0.2) is 18.6 Å². The van der Waals surface area contributed by atoms with E-state index in [2.05, 4.69) is 21.2 Å². The number of fused-ring (bicyclic) bond motifs is 2. The van der Waals surface area contributed by atoms with Crippen molar-refractivity contribution in [2.75, 3.05) is 18.1 Å². The monoisotopic (exact) mass is 330 g/mol. The van der Waals surface area contributed by atoms with Gasteiger partial charge in [0.05, 0.1) is 16.9 Å². The summed E-state index contributed by atoms with van der Waals surface area (Å²) in [6.07, 6.45) is 0. The molecule has 0 saturated heterocycles. The van der Waals surface area contributed by atoms with Crippen LogP contribution in [0.4, 0.5) is 11.4 Å². The number of nitrogens with two attached hydrogens (primary N) is 1. The Labute approximate surface area is 124 Å². The Bertz CT molecular complexity index is 769. The maximum absolute atomic E-state index is 12.6. The van der Waals surface area contributed by atoms with E-state index < -0.39 is 0 Å². The Hall–Kier alpha value is -2.14. The average molecular weight is 331 g/mol. The van der Waals surface area contributed by atoms with Crippen molar-refractivity contribution >= 4 is 38.9 Å². The number of anilines is 2. The van der Waals surface area contributed by atoms with Crippen molar-refractivity contribution in [3.63, 3.8) is 0 Å². The Kier molecular flexibility index (Phi) is 2.87. The van der Waals surface area contributed by atoms with Gasteiger partial charge in [0.25, 0.3) is 0 Å². The van der Waals surface area contributed by atoms with Crippen LogP contribution in [0.3, 0.4) is 0 Å². The number of hydrogen-bond acceptors (Lipinski definition) is 4. The van der Waals surface area contributed by atoms with Crippen molar-refractivity contribution in [1.29, 1.82) is 0 Å². The van der Waals surface area contributed by atoms with Gasteiger partial charge in [-0.2, -0.15) is 0 Å². The Morgan fingerprint density at radius 3 is 2.25 bits per heavy atom. The molecule has 3 rings (SSSR count). The van der Waals surface area contributed by atoms with Crippen LogP contribution >= 0.6 is 15.9 Å². The number of halogens is 1. The van der Waals surface area contributed by atoms with Gasteiger partial charge in [-0.25, -0.2) is 0 Å². The number of nitrogens with one attached hydrogen (secondary N) is 1. The van der Waals surface area contributed by atoms with Crippen LogP contribution in [-0.2, 0) is 0 Å². The highest BCUT2D eigenvalue weighted by molar-refractivity contribution is 9.10. The quantitative estimate of drug-likeness (QED) is 0.673. The lowest BCUT2D eigenvalue weighted by Crippen LogP contribution is -2.23. The van der Waals surface area contributed by atoms with Gasteiger partial charge in [0.15, 0.2) is 11.6 Å². The standard InChI is InChI=1S/C15H11BrN2O2/c1-18-13-11-9(6-10(16)12(13)17)14(19)7-4-2-3-5-8(7)15(11)20/h2-6,18H,17H2,1H3. The van der Waals surface area contributed by atoms with Gasteiger partial charge in [0.1, 0.15) is 0 Å². The first-order chi connectivity index (χ1) is 9.56. The fourth-order valence-corrected chi connectivity index (χ4v) is 2.93. The molecule has 2 aromatic rings. The molecule has 1 aliphatic rings. The van der Waals surface area contributed by atoms with Crippen molar-refractivity contribution < 1.29 is 9.59 Å². The molecule has 0 fully saturated rings. The van der Waals surface area contributed by atoms with Crippen LogP contribution in [0.2, 0.25) is 0 Å². The largest absolute Gasteiger partial charge is 0.396 e. The van der Waals surface area contributed by atoms with E-state index in [1.54, 1.807) is 37.4 Å². The zero-order valence-electron chi connectivity index (χ0n) is 10.7. The van der Waals surface area contributed by atoms with Crippen molar-refractivity contribution in [2.45, 2.75) is 0 Å². The molecule has 20 heavy (non-hydrogen) atoms. The molecule has 0 unspecified atom stereocenters. The zero-order chi connectivity index (χ0) is 14.4. The summed E-state index contributed by atoms with van der Waals surface area (Å²) in [5.74, 6) is -0.342. The number of ketones is 2. The number of hydrogen-bond donors (Lipinski definition) is 2. The third kappa shape index (κ3) is 1.59. The molecule has 0 saturated carbocycles. The molecule has 5 heteroatoms. The molecule has 4 nitrogen and oxygen atoms in total. The Balaban J connectivity index is 2.39. The van der Waals surface area contributed by atoms with Gasteiger partial charge >= 0.3 is 0 Å². The molecule has 100 valence electrons. The minimum Gasteiger partial charge on any atom is -0.396 e. The second-order valence-electron chi connectivity index (χ2n) is 4.52. The van der Waals surface area contributed by atoms with Gasteiger partial charge in [-0.3, -0.25) is 9.59 Å². The van der Waals surface area contributed by atoms with Gasteiger partial charge in [-0.15, -0.1) is 0 Å². The first-order valence-corrected chi connectivity index (χ1v) is 6.83. The van der Waals surface area contributed by atoms with Gasteiger partial charge < -0.3 is 11.1 Å². The third-order valence-electron chi connectivity index (χ3n) is 3.46. The molecular weight excluding hydrogens is 320 g/mol. The second-order valence-corrected chi connectivity index (χ2v) is 5.38. The highest BCUT2D eigenvalue weighted by Crippen LogP contribution is 2.39. The fraction of sp³-hybridized carbons (Fsp3) is 0.0667. The SMILES string of the molecule is CNc1c(N)c(Br)cc2c1C(=O)c1ccccc1C2=O. The van der Waals surface area contributed by atoms with E-state index in [0.717, 1.165) is 0 Å². The fourth-order valence-electron chi connectivity index (χ4n) is 2.50. The van der Waals surface area contributed by atoms with Crippen LogP contribution in [0.5, 0.6) is 0 Å².